The Labute approximate surface area is 191 Å². The summed E-state index contributed by atoms with van der Waals surface area (Å²) in [6.45, 7) is 9.91. The van der Waals surface area contributed by atoms with Crippen LogP contribution in [-0.2, 0) is 15.9 Å². The largest absolute Gasteiger partial charge is 0.376 e. The van der Waals surface area contributed by atoms with Crippen molar-refractivity contribution in [3.63, 3.8) is 0 Å². The molecule has 0 aliphatic carbocycles. The van der Waals surface area contributed by atoms with Crippen molar-refractivity contribution in [1.29, 1.82) is 0 Å². The lowest BCUT2D eigenvalue weighted by Crippen LogP contribution is -2.47. The molecule has 0 saturated carbocycles. The van der Waals surface area contributed by atoms with Crippen molar-refractivity contribution >= 4 is 41.3 Å². The maximum atomic E-state index is 6.10. The molecule has 2 aliphatic rings. The van der Waals surface area contributed by atoms with E-state index in [1.807, 2.05) is 11.3 Å². The Morgan fingerprint density at radius 1 is 1.39 bits per heavy atom. The minimum absolute atomic E-state index is 0. The van der Waals surface area contributed by atoms with Crippen LogP contribution in [0.4, 0.5) is 0 Å². The van der Waals surface area contributed by atoms with Crippen LogP contribution in [0.3, 0.4) is 0 Å². The van der Waals surface area contributed by atoms with Crippen LogP contribution in [0.25, 0.3) is 0 Å². The number of nitrogens with one attached hydrogen (secondary N) is 1. The highest BCUT2D eigenvalue weighted by Gasteiger charge is 2.24. The summed E-state index contributed by atoms with van der Waals surface area (Å²) in [4.78, 5) is 8.77. The summed E-state index contributed by atoms with van der Waals surface area (Å²) in [5.74, 6) is 1.62. The maximum absolute atomic E-state index is 6.10. The predicted molar refractivity (Wildman–Crippen MR) is 128 cm³/mol. The second kappa shape index (κ2) is 13.0. The SMILES string of the molecule is CCNC(=NCC(C)Cc1cccs1)N1CCC(OCC2CCCO2)CC1.I. The third-order valence-corrected chi connectivity index (χ3v) is 6.20. The van der Waals surface area contributed by atoms with E-state index in [1.54, 1.807) is 0 Å². The third-order valence-electron chi connectivity index (χ3n) is 5.30. The molecule has 2 saturated heterocycles. The highest BCUT2D eigenvalue weighted by Crippen LogP contribution is 2.18. The van der Waals surface area contributed by atoms with Crippen LogP contribution in [0.1, 0.15) is 44.4 Å². The smallest absolute Gasteiger partial charge is 0.193 e. The molecule has 0 bridgehead atoms. The highest BCUT2D eigenvalue weighted by atomic mass is 127. The Hall–Kier alpha value is -0.380. The van der Waals surface area contributed by atoms with E-state index in [9.17, 15) is 0 Å². The molecule has 2 atom stereocenters. The Bertz CT molecular complexity index is 556. The van der Waals surface area contributed by atoms with Crippen molar-refractivity contribution in [2.75, 3.05) is 39.4 Å². The van der Waals surface area contributed by atoms with E-state index in [1.165, 1.54) is 11.3 Å². The molecular weight excluding hydrogens is 485 g/mol. The average molecular weight is 522 g/mol. The van der Waals surface area contributed by atoms with Gasteiger partial charge in [-0.3, -0.25) is 4.99 Å². The standard InChI is InChI=1S/C21H35N3O2S.HI/c1-3-22-21(23-15-17(2)14-20-7-5-13-27-20)24-10-8-18(9-11-24)26-16-19-6-4-12-25-19;/h5,7,13,17-19H,3-4,6,8-12,14-16H2,1-2H3,(H,22,23);1H. The van der Waals surface area contributed by atoms with Gasteiger partial charge in [0.05, 0.1) is 18.8 Å². The predicted octanol–water partition coefficient (Wildman–Crippen LogP) is 4.17. The molecule has 7 heteroatoms. The Morgan fingerprint density at radius 2 is 2.21 bits per heavy atom. The van der Waals surface area contributed by atoms with Crippen LogP contribution >= 0.6 is 35.3 Å². The van der Waals surface area contributed by atoms with Crippen LogP contribution in [0.15, 0.2) is 22.5 Å². The molecule has 0 aromatic carbocycles. The molecule has 2 aliphatic heterocycles. The molecule has 0 amide bonds. The van der Waals surface area contributed by atoms with Gasteiger partial charge in [-0.05, 0) is 56.4 Å². The molecule has 28 heavy (non-hydrogen) atoms. The molecule has 5 nitrogen and oxygen atoms in total. The topological polar surface area (TPSA) is 46.1 Å². The Balaban J connectivity index is 0.00000280. The van der Waals surface area contributed by atoms with E-state index in [0.29, 0.717) is 18.1 Å². The van der Waals surface area contributed by atoms with Crippen molar-refractivity contribution in [3.05, 3.63) is 22.4 Å². The van der Waals surface area contributed by atoms with Gasteiger partial charge in [0.25, 0.3) is 0 Å². The number of thiophene rings is 1. The number of nitrogens with zero attached hydrogens (tertiary/aromatic N) is 2. The Morgan fingerprint density at radius 3 is 2.86 bits per heavy atom. The van der Waals surface area contributed by atoms with E-state index in [-0.39, 0.29) is 24.0 Å². The van der Waals surface area contributed by atoms with Crippen molar-refractivity contribution in [2.45, 2.75) is 58.2 Å². The van der Waals surface area contributed by atoms with Crippen molar-refractivity contribution in [2.24, 2.45) is 10.9 Å². The summed E-state index contributed by atoms with van der Waals surface area (Å²) < 4.78 is 11.8. The second-order valence-corrected chi connectivity index (χ2v) is 8.77. The normalized spacial score (nSPS) is 22.1. The Kier molecular flexibility index (Phi) is 11.1. The average Bonchev–Trinajstić information content (AvgIpc) is 3.38. The summed E-state index contributed by atoms with van der Waals surface area (Å²) in [5, 5.41) is 5.63. The van der Waals surface area contributed by atoms with Crippen LogP contribution in [0.2, 0.25) is 0 Å². The van der Waals surface area contributed by atoms with Gasteiger partial charge in [-0.15, -0.1) is 35.3 Å². The van der Waals surface area contributed by atoms with Gasteiger partial charge in [-0.2, -0.15) is 0 Å². The molecule has 3 heterocycles. The number of aliphatic imine (C=N–C) groups is 1. The minimum atomic E-state index is 0. The number of guanidine groups is 1. The molecule has 0 radical (unpaired) electrons. The van der Waals surface area contributed by atoms with E-state index in [4.69, 9.17) is 14.5 Å². The number of likely N-dealkylation sites (tertiary alicyclic amines) is 1. The van der Waals surface area contributed by atoms with Crippen molar-refractivity contribution in [3.8, 4) is 0 Å². The van der Waals surface area contributed by atoms with Crippen LogP contribution in [0, 0.1) is 5.92 Å². The first-order valence-electron chi connectivity index (χ1n) is 10.5. The summed E-state index contributed by atoms with van der Waals surface area (Å²) in [6, 6.07) is 4.35. The molecule has 1 N–H and O–H groups in total. The number of hydrogen-bond donors (Lipinski definition) is 1. The molecule has 1 aromatic heterocycles. The first kappa shape index (κ1) is 23.9. The zero-order valence-electron chi connectivity index (χ0n) is 17.3. The van der Waals surface area contributed by atoms with Crippen molar-refractivity contribution in [1.82, 2.24) is 10.2 Å². The number of rotatable bonds is 8. The third kappa shape index (κ3) is 7.80. The highest BCUT2D eigenvalue weighted by molar-refractivity contribution is 14.0. The zero-order chi connectivity index (χ0) is 18.9. The second-order valence-electron chi connectivity index (χ2n) is 7.74. The van der Waals surface area contributed by atoms with Crippen LogP contribution in [-0.4, -0.2) is 62.5 Å². The first-order valence-corrected chi connectivity index (χ1v) is 11.4. The molecule has 3 rings (SSSR count). The van der Waals surface area contributed by atoms with Gasteiger partial charge in [0.2, 0.25) is 0 Å². The number of piperidine rings is 1. The molecule has 1 aromatic rings. The lowest BCUT2D eigenvalue weighted by atomic mass is 10.1. The fourth-order valence-corrected chi connectivity index (χ4v) is 4.63. The molecule has 2 unspecified atom stereocenters. The summed E-state index contributed by atoms with van der Waals surface area (Å²) >= 11 is 1.84. The lowest BCUT2D eigenvalue weighted by Gasteiger charge is -2.34. The summed E-state index contributed by atoms with van der Waals surface area (Å²) in [5.41, 5.74) is 0. The lowest BCUT2D eigenvalue weighted by molar-refractivity contribution is -0.0367. The van der Waals surface area contributed by atoms with Gasteiger partial charge in [0.1, 0.15) is 0 Å². The zero-order valence-corrected chi connectivity index (χ0v) is 20.4. The summed E-state index contributed by atoms with van der Waals surface area (Å²) in [7, 11) is 0. The molecule has 2 fully saturated rings. The minimum Gasteiger partial charge on any atom is -0.376 e. The van der Waals surface area contributed by atoms with Gasteiger partial charge in [-0.25, -0.2) is 0 Å². The van der Waals surface area contributed by atoms with Gasteiger partial charge in [0.15, 0.2) is 5.96 Å². The first-order chi connectivity index (χ1) is 13.2. The number of hydrogen-bond acceptors (Lipinski definition) is 4. The van der Waals surface area contributed by atoms with E-state index in [0.717, 1.165) is 71.0 Å². The quantitative estimate of drug-likeness (QED) is 0.317. The van der Waals surface area contributed by atoms with Gasteiger partial charge in [0, 0.05) is 37.7 Å². The van der Waals surface area contributed by atoms with Crippen LogP contribution in [0.5, 0.6) is 0 Å². The van der Waals surface area contributed by atoms with Crippen LogP contribution < -0.4 is 5.32 Å². The van der Waals surface area contributed by atoms with Gasteiger partial charge < -0.3 is 19.7 Å². The maximum Gasteiger partial charge on any atom is 0.193 e. The monoisotopic (exact) mass is 521 g/mol. The molecular formula is C21H36IN3O2S. The van der Waals surface area contributed by atoms with Gasteiger partial charge >= 0.3 is 0 Å². The molecule has 160 valence electrons. The summed E-state index contributed by atoms with van der Waals surface area (Å²) in [6.07, 6.45) is 6.28. The van der Waals surface area contributed by atoms with E-state index < -0.39 is 0 Å². The van der Waals surface area contributed by atoms with Gasteiger partial charge in [-0.1, -0.05) is 13.0 Å². The number of ether oxygens (including phenoxy) is 2. The van der Waals surface area contributed by atoms with E-state index >= 15 is 0 Å². The van der Waals surface area contributed by atoms with Crippen molar-refractivity contribution < 1.29 is 9.47 Å². The fraction of sp³-hybridized carbons (Fsp3) is 0.762. The van der Waals surface area contributed by atoms with E-state index in [2.05, 4.69) is 41.6 Å². The number of halogens is 1. The fourth-order valence-electron chi connectivity index (χ4n) is 3.76. The molecule has 0 spiro atoms.